The SMILES string of the molecule is CCOC(=O)C1C2CC3CC(C2)CC1(C(=O)OCC)C3. The second kappa shape index (κ2) is 5.05. The Morgan fingerprint density at radius 3 is 2.15 bits per heavy atom. The average Bonchev–Trinajstić information content (AvgIpc) is 2.37. The third-order valence-electron chi connectivity index (χ3n) is 5.53. The first-order valence-electron chi connectivity index (χ1n) is 7.94. The summed E-state index contributed by atoms with van der Waals surface area (Å²) in [7, 11) is 0. The molecule has 0 aliphatic heterocycles. The maximum atomic E-state index is 12.6. The van der Waals surface area contributed by atoms with Crippen LogP contribution >= 0.6 is 0 Å². The molecule has 0 N–H and O–H groups in total. The maximum absolute atomic E-state index is 12.6. The number of ether oxygens (including phenoxy) is 2. The summed E-state index contributed by atoms with van der Waals surface area (Å²) < 4.78 is 10.6. The van der Waals surface area contributed by atoms with E-state index in [4.69, 9.17) is 9.47 Å². The van der Waals surface area contributed by atoms with Gasteiger partial charge in [-0.1, -0.05) is 0 Å². The fourth-order valence-electron chi connectivity index (χ4n) is 5.26. The van der Waals surface area contributed by atoms with Crippen LogP contribution in [0.4, 0.5) is 0 Å². The molecule has 0 saturated heterocycles. The number of hydrogen-bond donors (Lipinski definition) is 0. The van der Waals surface area contributed by atoms with E-state index in [2.05, 4.69) is 0 Å². The number of rotatable bonds is 4. The Hall–Kier alpha value is -1.06. The van der Waals surface area contributed by atoms with Crippen molar-refractivity contribution >= 4 is 11.9 Å². The van der Waals surface area contributed by atoms with Gasteiger partial charge in [0.05, 0.1) is 24.5 Å². The number of carbonyl (C=O) groups is 2. The molecule has 0 spiro atoms. The van der Waals surface area contributed by atoms with E-state index < -0.39 is 5.41 Å². The third-order valence-corrected chi connectivity index (χ3v) is 5.53. The summed E-state index contributed by atoms with van der Waals surface area (Å²) in [5.41, 5.74) is -0.586. The molecule has 4 aliphatic rings. The van der Waals surface area contributed by atoms with Crippen LogP contribution < -0.4 is 0 Å². The number of esters is 2. The molecule has 4 nitrogen and oxygen atoms in total. The first-order chi connectivity index (χ1) is 9.60. The van der Waals surface area contributed by atoms with Crippen molar-refractivity contribution in [2.45, 2.75) is 46.0 Å². The minimum atomic E-state index is -0.586. The second-order valence-electron chi connectivity index (χ2n) is 6.71. The van der Waals surface area contributed by atoms with Crippen molar-refractivity contribution in [2.24, 2.45) is 29.1 Å². The zero-order valence-electron chi connectivity index (χ0n) is 12.4. The molecule has 4 aliphatic carbocycles. The second-order valence-corrected chi connectivity index (χ2v) is 6.71. The molecule has 0 aromatic carbocycles. The van der Waals surface area contributed by atoms with Gasteiger partial charge in [0.1, 0.15) is 0 Å². The summed E-state index contributed by atoms with van der Waals surface area (Å²) in [4.78, 5) is 25.0. The molecule has 0 amide bonds. The monoisotopic (exact) mass is 280 g/mol. The first kappa shape index (κ1) is 13.9. The van der Waals surface area contributed by atoms with Gasteiger partial charge in [0, 0.05) is 0 Å². The van der Waals surface area contributed by atoms with Gasteiger partial charge in [-0.15, -0.1) is 0 Å². The normalized spacial score (nSPS) is 41.5. The van der Waals surface area contributed by atoms with Gasteiger partial charge in [0.15, 0.2) is 0 Å². The summed E-state index contributed by atoms with van der Waals surface area (Å²) in [6, 6.07) is 0. The van der Waals surface area contributed by atoms with Gasteiger partial charge in [-0.25, -0.2) is 0 Å². The molecule has 0 heterocycles. The fraction of sp³-hybridized carbons (Fsp3) is 0.875. The lowest BCUT2D eigenvalue weighted by Gasteiger charge is -2.58. The van der Waals surface area contributed by atoms with Crippen LogP contribution in [-0.4, -0.2) is 25.2 Å². The third kappa shape index (κ3) is 1.95. The smallest absolute Gasteiger partial charge is 0.312 e. The molecule has 4 fully saturated rings. The Kier molecular flexibility index (Phi) is 3.51. The Morgan fingerprint density at radius 1 is 1.00 bits per heavy atom. The lowest BCUT2D eigenvalue weighted by Crippen LogP contribution is -2.59. The van der Waals surface area contributed by atoms with E-state index in [1.165, 1.54) is 6.42 Å². The van der Waals surface area contributed by atoms with E-state index >= 15 is 0 Å². The Morgan fingerprint density at radius 2 is 1.60 bits per heavy atom. The van der Waals surface area contributed by atoms with Gasteiger partial charge in [-0.2, -0.15) is 0 Å². The highest BCUT2D eigenvalue weighted by atomic mass is 16.5. The number of carbonyl (C=O) groups excluding carboxylic acids is 2. The van der Waals surface area contributed by atoms with Crippen LogP contribution in [0.15, 0.2) is 0 Å². The fourth-order valence-corrected chi connectivity index (χ4v) is 5.26. The summed E-state index contributed by atoms with van der Waals surface area (Å²) >= 11 is 0. The van der Waals surface area contributed by atoms with E-state index in [1.54, 1.807) is 0 Å². The summed E-state index contributed by atoms with van der Waals surface area (Å²) in [5, 5.41) is 0. The van der Waals surface area contributed by atoms with E-state index in [9.17, 15) is 9.59 Å². The molecule has 3 unspecified atom stereocenters. The molecule has 112 valence electrons. The highest BCUT2D eigenvalue weighted by Crippen LogP contribution is 2.63. The van der Waals surface area contributed by atoms with Crippen LogP contribution in [0.3, 0.4) is 0 Å². The molecule has 4 bridgehead atoms. The molecular weight excluding hydrogens is 256 g/mol. The van der Waals surface area contributed by atoms with E-state index in [0.717, 1.165) is 25.7 Å². The Bertz CT molecular complexity index is 403. The van der Waals surface area contributed by atoms with Crippen LogP contribution in [0.2, 0.25) is 0 Å². The van der Waals surface area contributed by atoms with Crippen LogP contribution in [0, 0.1) is 29.1 Å². The van der Waals surface area contributed by atoms with Gasteiger partial charge in [0.2, 0.25) is 0 Å². The van der Waals surface area contributed by atoms with Crippen LogP contribution in [0.25, 0.3) is 0 Å². The molecule has 0 aromatic heterocycles. The molecule has 0 aromatic rings. The lowest BCUT2D eigenvalue weighted by molar-refractivity contribution is -0.195. The largest absolute Gasteiger partial charge is 0.466 e. The maximum Gasteiger partial charge on any atom is 0.312 e. The van der Waals surface area contributed by atoms with E-state index in [0.29, 0.717) is 31.0 Å². The lowest BCUT2D eigenvalue weighted by atomic mass is 9.45. The van der Waals surface area contributed by atoms with Crippen LogP contribution in [0.5, 0.6) is 0 Å². The van der Waals surface area contributed by atoms with E-state index in [-0.39, 0.29) is 17.9 Å². The van der Waals surface area contributed by atoms with Gasteiger partial charge < -0.3 is 9.47 Å². The highest BCUT2D eigenvalue weighted by molar-refractivity contribution is 5.86. The van der Waals surface area contributed by atoms with Crippen molar-refractivity contribution in [1.82, 2.24) is 0 Å². The highest BCUT2D eigenvalue weighted by Gasteiger charge is 2.64. The molecule has 4 saturated carbocycles. The van der Waals surface area contributed by atoms with Crippen LogP contribution in [-0.2, 0) is 19.1 Å². The van der Waals surface area contributed by atoms with Gasteiger partial charge in [-0.05, 0) is 63.7 Å². The molecular formula is C16H24O4. The van der Waals surface area contributed by atoms with Gasteiger partial charge in [0.25, 0.3) is 0 Å². The Labute approximate surface area is 120 Å². The van der Waals surface area contributed by atoms with Crippen molar-refractivity contribution in [3.63, 3.8) is 0 Å². The van der Waals surface area contributed by atoms with Crippen molar-refractivity contribution in [3.8, 4) is 0 Å². The minimum Gasteiger partial charge on any atom is -0.466 e. The predicted octanol–water partition coefficient (Wildman–Crippen LogP) is 2.56. The topological polar surface area (TPSA) is 52.6 Å². The van der Waals surface area contributed by atoms with Crippen molar-refractivity contribution in [3.05, 3.63) is 0 Å². The Balaban J connectivity index is 1.93. The van der Waals surface area contributed by atoms with Crippen molar-refractivity contribution in [1.29, 1.82) is 0 Å². The zero-order chi connectivity index (χ0) is 14.3. The van der Waals surface area contributed by atoms with Gasteiger partial charge >= 0.3 is 11.9 Å². The molecule has 4 heteroatoms. The number of hydrogen-bond acceptors (Lipinski definition) is 4. The first-order valence-corrected chi connectivity index (χ1v) is 7.94. The zero-order valence-corrected chi connectivity index (χ0v) is 12.4. The summed E-state index contributed by atoms with van der Waals surface area (Å²) in [5.74, 6) is 0.922. The van der Waals surface area contributed by atoms with Crippen LogP contribution in [0.1, 0.15) is 46.0 Å². The molecule has 20 heavy (non-hydrogen) atoms. The standard InChI is InChI=1S/C16H24O4/c1-3-19-14(17)13-12-6-10-5-11(7-12)9-16(13,8-10)15(18)20-4-2/h10-13H,3-9H2,1-2H3. The van der Waals surface area contributed by atoms with Crippen molar-refractivity contribution < 1.29 is 19.1 Å². The minimum absolute atomic E-state index is 0.155. The molecule has 3 atom stereocenters. The van der Waals surface area contributed by atoms with Crippen molar-refractivity contribution in [2.75, 3.05) is 13.2 Å². The predicted molar refractivity (Wildman–Crippen MR) is 72.7 cm³/mol. The average molecular weight is 280 g/mol. The quantitative estimate of drug-likeness (QED) is 0.743. The summed E-state index contributed by atoms with van der Waals surface area (Å²) in [6.45, 7) is 4.42. The van der Waals surface area contributed by atoms with Gasteiger partial charge in [-0.3, -0.25) is 9.59 Å². The van der Waals surface area contributed by atoms with E-state index in [1.807, 2.05) is 13.8 Å². The molecule has 0 radical (unpaired) electrons. The molecule has 4 rings (SSSR count). The summed E-state index contributed by atoms with van der Waals surface area (Å²) in [6.07, 6.45) is 5.04.